The first-order chi connectivity index (χ1) is 8.13. The second-order valence-electron chi connectivity index (χ2n) is 4.61. The maximum Gasteiger partial charge on any atom is 0.257 e. The highest BCUT2D eigenvalue weighted by atomic mass is 16.5. The molecule has 17 heavy (non-hydrogen) atoms. The predicted molar refractivity (Wildman–Crippen MR) is 67.0 cm³/mol. The zero-order valence-corrected chi connectivity index (χ0v) is 10.2. The van der Waals surface area contributed by atoms with Crippen LogP contribution < -0.4 is 15.8 Å². The number of benzene rings is 1. The van der Waals surface area contributed by atoms with Crippen molar-refractivity contribution in [3.8, 4) is 5.75 Å². The summed E-state index contributed by atoms with van der Waals surface area (Å²) in [5, 5.41) is 2.91. The Hall–Kier alpha value is -1.71. The monoisotopic (exact) mass is 234 g/mol. The molecule has 1 saturated carbocycles. The van der Waals surface area contributed by atoms with Gasteiger partial charge in [-0.05, 0) is 30.4 Å². The summed E-state index contributed by atoms with van der Waals surface area (Å²) in [6.07, 6.45) is 1.20. The van der Waals surface area contributed by atoms with Crippen LogP contribution in [0.1, 0.15) is 23.7 Å². The second-order valence-corrected chi connectivity index (χ2v) is 4.61. The molecule has 1 aromatic rings. The summed E-state index contributed by atoms with van der Waals surface area (Å²) in [4.78, 5) is 12.0. The van der Waals surface area contributed by atoms with Gasteiger partial charge in [-0.15, -0.1) is 0 Å². The molecular formula is C13H18N2O2. The van der Waals surface area contributed by atoms with Crippen molar-refractivity contribution in [1.82, 2.24) is 5.32 Å². The molecule has 0 aromatic heterocycles. The van der Waals surface area contributed by atoms with E-state index in [-0.39, 0.29) is 5.91 Å². The largest absolute Gasteiger partial charge is 0.496 e. The summed E-state index contributed by atoms with van der Waals surface area (Å²) in [5.74, 6) is 1.71. The number of hydrogen-bond donors (Lipinski definition) is 2. The maximum absolute atomic E-state index is 12.0. The Morgan fingerprint density at radius 3 is 2.88 bits per heavy atom. The predicted octanol–water partition coefficient (Wildman–Crippen LogP) is 1.66. The molecule has 0 radical (unpaired) electrons. The molecule has 0 spiro atoms. The van der Waals surface area contributed by atoms with Crippen LogP contribution in [0.3, 0.4) is 0 Å². The lowest BCUT2D eigenvalue weighted by molar-refractivity contribution is 0.0949. The van der Waals surface area contributed by atoms with Gasteiger partial charge in [0.1, 0.15) is 11.3 Å². The summed E-state index contributed by atoms with van der Waals surface area (Å²) in [6, 6.07) is 5.22. The van der Waals surface area contributed by atoms with E-state index in [1.165, 1.54) is 13.5 Å². The van der Waals surface area contributed by atoms with Crippen LogP contribution in [0.2, 0.25) is 0 Å². The van der Waals surface area contributed by atoms with Crippen molar-refractivity contribution in [2.24, 2.45) is 11.8 Å². The van der Waals surface area contributed by atoms with E-state index in [2.05, 4.69) is 12.2 Å². The normalized spacial score (nSPS) is 22.0. The maximum atomic E-state index is 12.0. The van der Waals surface area contributed by atoms with Gasteiger partial charge in [0.2, 0.25) is 0 Å². The van der Waals surface area contributed by atoms with Crippen LogP contribution in [-0.4, -0.2) is 19.6 Å². The molecule has 0 saturated heterocycles. The lowest BCUT2D eigenvalue weighted by Crippen LogP contribution is -2.27. The Morgan fingerprint density at radius 2 is 2.29 bits per heavy atom. The highest BCUT2D eigenvalue weighted by Gasteiger charge is 2.32. The molecule has 0 bridgehead atoms. The minimum absolute atomic E-state index is 0.154. The molecule has 0 heterocycles. The minimum Gasteiger partial charge on any atom is -0.496 e. The van der Waals surface area contributed by atoms with Gasteiger partial charge in [-0.2, -0.15) is 0 Å². The Bertz CT molecular complexity index is 431. The van der Waals surface area contributed by atoms with E-state index in [1.807, 2.05) is 0 Å². The number of nitrogens with one attached hydrogen (secondary N) is 1. The van der Waals surface area contributed by atoms with Crippen molar-refractivity contribution in [2.75, 3.05) is 19.4 Å². The van der Waals surface area contributed by atoms with Crippen LogP contribution in [0.15, 0.2) is 18.2 Å². The third kappa shape index (κ3) is 2.52. The Morgan fingerprint density at radius 1 is 1.59 bits per heavy atom. The number of methoxy groups -OCH3 is 1. The van der Waals surface area contributed by atoms with E-state index < -0.39 is 0 Å². The zero-order valence-electron chi connectivity index (χ0n) is 10.2. The van der Waals surface area contributed by atoms with E-state index in [1.54, 1.807) is 18.2 Å². The number of ether oxygens (including phenoxy) is 1. The van der Waals surface area contributed by atoms with Crippen molar-refractivity contribution in [1.29, 1.82) is 0 Å². The van der Waals surface area contributed by atoms with Gasteiger partial charge < -0.3 is 15.8 Å². The van der Waals surface area contributed by atoms with Crippen LogP contribution in [0.4, 0.5) is 5.69 Å². The van der Waals surface area contributed by atoms with Crippen LogP contribution >= 0.6 is 0 Å². The van der Waals surface area contributed by atoms with Crippen LogP contribution in [0, 0.1) is 11.8 Å². The molecule has 1 aliphatic rings. The van der Waals surface area contributed by atoms with Gasteiger partial charge >= 0.3 is 0 Å². The average molecular weight is 234 g/mol. The van der Waals surface area contributed by atoms with Crippen molar-refractivity contribution in [2.45, 2.75) is 13.3 Å². The number of rotatable bonds is 4. The van der Waals surface area contributed by atoms with E-state index in [9.17, 15) is 4.79 Å². The summed E-state index contributed by atoms with van der Waals surface area (Å²) in [6.45, 7) is 2.91. The molecule has 4 heteroatoms. The molecule has 1 aliphatic carbocycles. The van der Waals surface area contributed by atoms with Crippen molar-refractivity contribution in [3.05, 3.63) is 23.8 Å². The molecular weight excluding hydrogens is 216 g/mol. The fourth-order valence-corrected chi connectivity index (χ4v) is 1.96. The number of nitrogens with two attached hydrogens (primary N) is 1. The van der Waals surface area contributed by atoms with Gasteiger partial charge in [-0.25, -0.2) is 0 Å². The summed E-state index contributed by atoms with van der Waals surface area (Å²) in [5.41, 5.74) is 6.69. The molecule has 92 valence electrons. The van der Waals surface area contributed by atoms with Crippen molar-refractivity contribution in [3.63, 3.8) is 0 Å². The van der Waals surface area contributed by atoms with E-state index >= 15 is 0 Å². The first-order valence-electron chi connectivity index (χ1n) is 5.84. The smallest absolute Gasteiger partial charge is 0.257 e. The van der Waals surface area contributed by atoms with Gasteiger partial charge in [0.25, 0.3) is 5.91 Å². The molecule has 2 atom stereocenters. The minimum atomic E-state index is -0.154. The van der Waals surface area contributed by atoms with Gasteiger partial charge in [-0.3, -0.25) is 4.79 Å². The lowest BCUT2D eigenvalue weighted by atomic mass is 10.1. The molecule has 1 fully saturated rings. The van der Waals surface area contributed by atoms with Gasteiger partial charge in [0.05, 0.1) is 7.11 Å². The Labute approximate surface area is 101 Å². The number of carbonyl (C=O) groups is 1. The SMILES string of the molecule is COc1cccc(N)c1C(=O)NCC1CC1C. The quantitative estimate of drug-likeness (QED) is 0.779. The van der Waals surface area contributed by atoms with E-state index in [0.29, 0.717) is 22.9 Å². The first-order valence-corrected chi connectivity index (χ1v) is 5.84. The average Bonchev–Trinajstić information content (AvgIpc) is 3.02. The fraction of sp³-hybridized carbons (Fsp3) is 0.462. The zero-order chi connectivity index (χ0) is 12.4. The second kappa shape index (κ2) is 4.65. The van der Waals surface area contributed by atoms with Crippen LogP contribution in [0.25, 0.3) is 0 Å². The summed E-state index contributed by atoms with van der Waals surface area (Å²) in [7, 11) is 1.54. The summed E-state index contributed by atoms with van der Waals surface area (Å²) < 4.78 is 5.15. The number of amides is 1. The highest BCUT2D eigenvalue weighted by molar-refractivity contribution is 6.01. The Kier molecular flexibility index (Phi) is 3.22. The van der Waals surface area contributed by atoms with Crippen LogP contribution in [0.5, 0.6) is 5.75 Å². The molecule has 1 amide bonds. The number of nitrogen functional groups attached to an aromatic ring is 1. The van der Waals surface area contributed by atoms with E-state index in [0.717, 1.165) is 12.5 Å². The molecule has 4 nitrogen and oxygen atoms in total. The first kappa shape index (κ1) is 11.8. The van der Waals surface area contributed by atoms with Crippen molar-refractivity contribution < 1.29 is 9.53 Å². The van der Waals surface area contributed by atoms with Crippen molar-refractivity contribution >= 4 is 11.6 Å². The number of anilines is 1. The molecule has 2 rings (SSSR count). The topological polar surface area (TPSA) is 64.3 Å². The lowest BCUT2D eigenvalue weighted by Gasteiger charge is -2.11. The van der Waals surface area contributed by atoms with Crippen LogP contribution in [-0.2, 0) is 0 Å². The van der Waals surface area contributed by atoms with Gasteiger partial charge in [-0.1, -0.05) is 13.0 Å². The molecule has 1 aromatic carbocycles. The van der Waals surface area contributed by atoms with E-state index in [4.69, 9.17) is 10.5 Å². The standard InChI is InChI=1S/C13H18N2O2/c1-8-6-9(8)7-15-13(16)12-10(14)4-3-5-11(12)17-2/h3-5,8-9H,6-7,14H2,1-2H3,(H,15,16). The molecule has 2 unspecified atom stereocenters. The third-order valence-electron chi connectivity index (χ3n) is 3.31. The number of carbonyl (C=O) groups excluding carboxylic acids is 1. The Balaban J connectivity index is 2.07. The third-order valence-corrected chi connectivity index (χ3v) is 3.31. The summed E-state index contributed by atoms with van der Waals surface area (Å²) >= 11 is 0. The number of hydrogen-bond acceptors (Lipinski definition) is 3. The molecule has 0 aliphatic heterocycles. The van der Waals surface area contributed by atoms with Gasteiger partial charge in [0.15, 0.2) is 0 Å². The molecule has 3 N–H and O–H groups in total. The highest BCUT2D eigenvalue weighted by Crippen LogP contribution is 2.37. The van der Waals surface area contributed by atoms with Gasteiger partial charge in [0, 0.05) is 12.2 Å². The fourth-order valence-electron chi connectivity index (χ4n) is 1.96.